The predicted molar refractivity (Wildman–Crippen MR) is 206 cm³/mol. The quantitative estimate of drug-likeness (QED) is 0.200. The largest absolute Gasteiger partial charge is 0.444 e. The molecule has 2 aromatic rings. The molecular weight excluding hydrogens is 659 g/mol. The highest BCUT2D eigenvalue weighted by Crippen LogP contribution is 2.41. The summed E-state index contributed by atoms with van der Waals surface area (Å²) >= 11 is 0. The van der Waals surface area contributed by atoms with Gasteiger partial charge in [-0.2, -0.15) is 0 Å². The summed E-state index contributed by atoms with van der Waals surface area (Å²) in [5.41, 5.74) is 1.95. The molecule has 1 unspecified atom stereocenters. The highest BCUT2D eigenvalue weighted by molar-refractivity contribution is 6.48. The Hall–Kier alpha value is -3.50. The van der Waals surface area contributed by atoms with Crippen LogP contribution in [0.25, 0.3) is 0 Å². The fraction of sp³-hybridized carbons (Fsp3) is 0.610. The van der Waals surface area contributed by atoms with E-state index in [0.29, 0.717) is 38.8 Å². The van der Waals surface area contributed by atoms with Crippen LogP contribution in [0.15, 0.2) is 54.6 Å². The molecule has 1 fully saturated rings. The molecule has 1 heterocycles. The number of Topliss-reactive ketones (excluding diaryl/α,β-unsaturated/α-hetero) is 1. The SMILES string of the molecule is Cc1cccc(C[C@@H](C[C@H]([C@H](NC(=O)OC(C)(C)C)C(O[SiH](C)C)c2ccccc2)C(C)(C)C)C(=O)N[C@H](C(=O)N2CCC(=O)CC2)C(C)C)c1. The average Bonchev–Trinajstić information content (AvgIpc) is 3.02. The van der Waals surface area contributed by atoms with Crippen molar-refractivity contribution in [1.29, 1.82) is 0 Å². The Kier molecular flexibility index (Phi) is 15.0. The van der Waals surface area contributed by atoms with Crippen LogP contribution in [0, 0.1) is 30.1 Å². The molecule has 3 rings (SSSR count). The summed E-state index contributed by atoms with van der Waals surface area (Å²) in [6.07, 6.45) is 0.512. The number of nitrogens with zero attached hydrogens (tertiary/aromatic N) is 1. The summed E-state index contributed by atoms with van der Waals surface area (Å²) < 4.78 is 12.6. The zero-order chi connectivity index (χ0) is 38.1. The molecule has 0 saturated carbocycles. The number of carbonyl (C=O) groups excluding carboxylic acids is 4. The highest BCUT2D eigenvalue weighted by Gasteiger charge is 2.43. The van der Waals surface area contributed by atoms with E-state index in [9.17, 15) is 19.2 Å². The zero-order valence-corrected chi connectivity index (χ0v) is 34.0. The molecule has 0 bridgehead atoms. The molecule has 51 heavy (non-hydrogen) atoms. The van der Waals surface area contributed by atoms with Gasteiger partial charge >= 0.3 is 6.09 Å². The van der Waals surface area contributed by atoms with Crippen molar-refractivity contribution in [3.8, 4) is 0 Å². The van der Waals surface area contributed by atoms with E-state index in [-0.39, 0.29) is 29.4 Å². The first-order chi connectivity index (χ1) is 23.7. The Bertz CT molecular complexity index is 1460. The third kappa shape index (κ3) is 13.2. The Balaban J connectivity index is 2.10. The molecule has 10 heteroatoms. The summed E-state index contributed by atoms with van der Waals surface area (Å²) in [7, 11) is -1.65. The molecule has 1 aliphatic heterocycles. The van der Waals surface area contributed by atoms with Crippen LogP contribution in [0.1, 0.15) is 97.4 Å². The van der Waals surface area contributed by atoms with Gasteiger partial charge in [0.15, 0.2) is 9.04 Å². The lowest BCUT2D eigenvalue weighted by Gasteiger charge is -2.43. The summed E-state index contributed by atoms with van der Waals surface area (Å²) in [6.45, 7) is 22.8. The van der Waals surface area contributed by atoms with E-state index in [1.54, 1.807) is 4.90 Å². The number of likely N-dealkylation sites (tertiary alicyclic amines) is 1. The van der Waals surface area contributed by atoms with Crippen molar-refractivity contribution in [3.63, 3.8) is 0 Å². The van der Waals surface area contributed by atoms with Gasteiger partial charge in [0.1, 0.15) is 17.4 Å². The molecule has 0 aliphatic carbocycles. The first-order valence-corrected chi connectivity index (χ1v) is 21.4. The maximum Gasteiger partial charge on any atom is 0.407 e. The van der Waals surface area contributed by atoms with Gasteiger partial charge in [-0.3, -0.25) is 14.4 Å². The van der Waals surface area contributed by atoms with Gasteiger partial charge in [-0.25, -0.2) is 4.79 Å². The lowest BCUT2D eigenvalue weighted by molar-refractivity contribution is -0.141. The fourth-order valence-corrected chi connectivity index (χ4v) is 7.76. The van der Waals surface area contributed by atoms with E-state index in [2.05, 4.69) is 50.6 Å². The van der Waals surface area contributed by atoms with Crippen LogP contribution >= 0.6 is 0 Å². The van der Waals surface area contributed by atoms with E-state index in [1.165, 1.54) is 0 Å². The number of carbonyl (C=O) groups is 4. The van der Waals surface area contributed by atoms with Crippen LogP contribution in [-0.2, 0) is 30.0 Å². The number of piperidine rings is 1. The van der Waals surface area contributed by atoms with Crippen molar-refractivity contribution in [2.45, 2.75) is 125 Å². The molecule has 0 aromatic heterocycles. The van der Waals surface area contributed by atoms with Crippen LogP contribution in [-0.4, -0.2) is 68.4 Å². The standard InChI is InChI=1S/C41H63N3O6Si/c1-27(2)34(38(47)44-22-20-32(45)21-23-44)42-37(46)31(25-29-17-15-16-28(3)24-29)26-33(40(4,5)6)35(43-39(48)49-41(7,8)9)36(50-51(10)11)30-18-13-12-14-19-30/h12-19,24,27,31,33-36,51H,20-23,25-26H2,1-11H3,(H,42,46)(H,43,48)/t31-,33+,34-,35-,36?/m0/s1. The maximum absolute atomic E-state index is 14.6. The monoisotopic (exact) mass is 721 g/mol. The van der Waals surface area contributed by atoms with Crippen LogP contribution < -0.4 is 10.6 Å². The number of benzene rings is 2. The molecule has 9 nitrogen and oxygen atoms in total. The molecule has 3 amide bonds. The van der Waals surface area contributed by atoms with Gasteiger partial charge in [0.2, 0.25) is 11.8 Å². The normalized spacial score (nSPS) is 17.0. The number of alkyl carbamates (subject to hydrolysis) is 1. The highest BCUT2D eigenvalue weighted by atomic mass is 28.3. The van der Waals surface area contributed by atoms with Crippen molar-refractivity contribution in [2.75, 3.05) is 13.1 Å². The van der Waals surface area contributed by atoms with Gasteiger partial charge in [0.05, 0.1) is 12.1 Å². The van der Waals surface area contributed by atoms with Gasteiger partial charge in [0, 0.05) is 31.8 Å². The Morgan fingerprint density at radius 1 is 0.902 bits per heavy atom. The predicted octanol–water partition coefficient (Wildman–Crippen LogP) is 7.17. The van der Waals surface area contributed by atoms with Crippen molar-refractivity contribution in [2.24, 2.45) is 23.2 Å². The summed E-state index contributed by atoms with van der Waals surface area (Å²) in [6, 6.07) is 16.8. The lowest BCUT2D eigenvalue weighted by atomic mass is 9.69. The van der Waals surface area contributed by atoms with Gasteiger partial charge in [-0.15, -0.1) is 0 Å². The number of ether oxygens (including phenoxy) is 1. The third-order valence-corrected chi connectivity index (χ3v) is 10.3. The molecule has 282 valence electrons. The topological polar surface area (TPSA) is 114 Å². The Labute approximate surface area is 308 Å². The van der Waals surface area contributed by atoms with Crippen molar-refractivity contribution < 1.29 is 28.3 Å². The summed E-state index contributed by atoms with van der Waals surface area (Å²) in [4.78, 5) is 55.7. The number of amides is 3. The fourth-order valence-electron chi connectivity index (χ4n) is 6.85. The molecule has 2 N–H and O–H groups in total. The average molecular weight is 722 g/mol. The second-order valence-corrected chi connectivity index (χ2v) is 19.3. The maximum atomic E-state index is 14.6. The van der Waals surface area contributed by atoms with Crippen LogP contribution in [0.5, 0.6) is 0 Å². The molecule has 1 saturated heterocycles. The minimum atomic E-state index is -1.65. The number of nitrogens with one attached hydrogen (secondary N) is 2. The van der Waals surface area contributed by atoms with Crippen LogP contribution in [0.3, 0.4) is 0 Å². The van der Waals surface area contributed by atoms with Gasteiger partial charge in [-0.05, 0) is 82.0 Å². The Morgan fingerprint density at radius 2 is 1.53 bits per heavy atom. The lowest BCUT2D eigenvalue weighted by Crippen LogP contribution is -2.55. The van der Waals surface area contributed by atoms with E-state index < -0.39 is 50.3 Å². The van der Waals surface area contributed by atoms with Gasteiger partial charge < -0.3 is 24.7 Å². The van der Waals surface area contributed by atoms with E-state index in [0.717, 1.165) is 16.7 Å². The van der Waals surface area contributed by atoms with E-state index in [4.69, 9.17) is 9.16 Å². The van der Waals surface area contributed by atoms with E-state index in [1.807, 2.05) is 90.1 Å². The minimum absolute atomic E-state index is 0.156. The van der Waals surface area contributed by atoms with Crippen molar-refractivity contribution >= 4 is 32.7 Å². The van der Waals surface area contributed by atoms with E-state index >= 15 is 0 Å². The first kappa shape index (κ1) is 41.9. The molecule has 2 aromatic carbocycles. The third-order valence-electron chi connectivity index (χ3n) is 9.44. The number of ketones is 1. The van der Waals surface area contributed by atoms with Crippen LogP contribution in [0.4, 0.5) is 4.79 Å². The smallest absolute Gasteiger partial charge is 0.407 e. The second-order valence-electron chi connectivity index (χ2n) is 16.9. The molecule has 5 atom stereocenters. The minimum Gasteiger partial charge on any atom is -0.444 e. The first-order valence-electron chi connectivity index (χ1n) is 18.6. The summed E-state index contributed by atoms with van der Waals surface area (Å²) in [5, 5.41) is 6.41. The van der Waals surface area contributed by atoms with Crippen molar-refractivity contribution in [3.05, 3.63) is 71.3 Å². The summed E-state index contributed by atoms with van der Waals surface area (Å²) in [5.74, 6) is -1.17. The number of aryl methyl sites for hydroxylation is 1. The van der Waals surface area contributed by atoms with Crippen LogP contribution in [0.2, 0.25) is 13.1 Å². The second kappa shape index (κ2) is 18.3. The molecule has 0 radical (unpaired) electrons. The van der Waals surface area contributed by atoms with Crippen molar-refractivity contribution in [1.82, 2.24) is 15.5 Å². The number of hydrogen-bond acceptors (Lipinski definition) is 6. The zero-order valence-electron chi connectivity index (χ0n) is 32.9. The van der Waals surface area contributed by atoms with Gasteiger partial charge in [-0.1, -0.05) is 94.8 Å². The molecule has 1 aliphatic rings. The van der Waals surface area contributed by atoms with Gasteiger partial charge in [0.25, 0.3) is 0 Å². The molecule has 0 spiro atoms. The number of hydrogen-bond donors (Lipinski definition) is 2. The Morgan fingerprint density at radius 3 is 2.06 bits per heavy atom. The molecular formula is C41H63N3O6Si. The number of rotatable bonds is 14.